The second-order valence-corrected chi connectivity index (χ2v) is 7.95. The van der Waals surface area contributed by atoms with E-state index >= 15 is 0 Å². The van der Waals surface area contributed by atoms with Crippen molar-refractivity contribution in [1.29, 1.82) is 0 Å². The molecule has 7 heteroatoms. The number of likely N-dealkylation sites (tertiary alicyclic amines) is 1. The molecule has 2 heterocycles. The van der Waals surface area contributed by atoms with Gasteiger partial charge in [-0.2, -0.15) is 4.98 Å². The summed E-state index contributed by atoms with van der Waals surface area (Å²) in [7, 11) is 0. The fourth-order valence-electron chi connectivity index (χ4n) is 3.23. The lowest BCUT2D eigenvalue weighted by Gasteiger charge is -2.34. The Labute approximate surface area is 143 Å². The molecule has 0 aromatic carbocycles. The highest BCUT2D eigenvalue weighted by Crippen LogP contribution is 2.39. The van der Waals surface area contributed by atoms with Crippen LogP contribution < -0.4 is 5.73 Å². The van der Waals surface area contributed by atoms with Crippen molar-refractivity contribution in [1.82, 2.24) is 15.0 Å². The molecule has 1 amide bonds. The number of amides is 1. The fourth-order valence-corrected chi connectivity index (χ4v) is 3.23. The van der Waals surface area contributed by atoms with Crippen LogP contribution in [0.4, 0.5) is 0 Å². The van der Waals surface area contributed by atoms with Crippen LogP contribution in [-0.2, 0) is 10.3 Å². The van der Waals surface area contributed by atoms with Crippen molar-refractivity contribution in [2.75, 3.05) is 6.54 Å². The summed E-state index contributed by atoms with van der Waals surface area (Å²) >= 11 is 0. The van der Waals surface area contributed by atoms with Crippen molar-refractivity contribution in [3.8, 4) is 0 Å². The Morgan fingerprint density at radius 3 is 2.65 bits per heavy atom. The molecule has 1 aromatic rings. The van der Waals surface area contributed by atoms with E-state index in [0.29, 0.717) is 18.1 Å². The van der Waals surface area contributed by atoms with Gasteiger partial charge in [0.2, 0.25) is 11.8 Å². The smallest absolute Gasteiger partial charge is 0.249 e. The molecule has 0 radical (unpaired) electrons. The van der Waals surface area contributed by atoms with Gasteiger partial charge in [-0.05, 0) is 37.5 Å². The Kier molecular flexibility index (Phi) is 5.06. The Balaban J connectivity index is 0.00000192. The van der Waals surface area contributed by atoms with Gasteiger partial charge in [0.25, 0.3) is 0 Å². The van der Waals surface area contributed by atoms with Crippen LogP contribution in [0.3, 0.4) is 0 Å². The van der Waals surface area contributed by atoms with Crippen LogP contribution in [0.25, 0.3) is 0 Å². The van der Waals surface area contributed by atoms with Gasteiger partial charge in [-0.25, -0.2) is 0 Å². The first kappa shape index (κ1) is 18.2. The SMILES string of the molecule is CC(C)(C)CC(=O)N1CCCC1c1nc(C2(N)CCC2)no1.Cl. The zero-order valence-electron chi connectivity index (χ0n) is 14.2. The second kappa shape index (κ2) is 6.40. The molecule has 2 fully saturated rings. The Morgan fingerprint density at radius 1 is 1.39 bits per heavy atom. The number of halogens is 1. The van der Waals surface area contributed by atoms with Crippen molar-refractivity contribution in [2.45, 2.75) is 70.9 Å². The van der Waals surface area contributed by atoms with Gasteiger partial charge in [0.1, 0.15) is 6.04 Å². The van der Waals surface area contributed by atoms with Crippen molar-refractivity contribution in [3.63, 3.8) is 0 Å². The largest absolute Gasteiger partial charge is 0.337 e. The van der Waals surface area contributed by atoms with Crippen molar-refractivity contribution >= 4 is 18.3 Å². The molecule has 2 aliphatic rings. The summed E-state index contributed by atoms with van der Waals surface area (Å²) in [5.41, 5.74) is 5.82. The highest BCUT2D eigenvalue weighted by Gasteiger charge is 2.41. The van der Waals surface area contributed by atoms with Crippen LogP contribution in [0.1, 0.15) is 77.1 Å². The Morgan fingerprint density at radius 2 is 2.09 bits per heavy atom. The average molecular weight is 343 g/mol. The minimum Gasteiger partial charge on any atom is -0.337 e. The van der Waals surface area contributed by atoms with E-state index in [1.54, 1.807) is 0 Å². The molecule has 130 valence electrons. The first-order valence-corrected chi connectivity index (χ1v) is 8.21. The number of aromatic nitrogens is 2. The lowest BCUT2D eigenvalue weighted by atomic mass is 9.77. The maximum atomic E-state index is 12.5. The van der Waals surface area contributed by atoms with Gasteiger partial charge in [-0.3, -0.25) is 4.79 Å². The summed E-state index contributed by atoms with van der Waals surface area (Å²) in [5.74, 6) is 1.32. The average Bonchev–Trinajstić information content (AvgIpc) is 3.02. The third kappa shape index (κ3) is 3.69. The van der Waals surface area contributed by atoms with Crippen molar-refractivity contribution in [3.05, 3.63) is 11.7 Å². The van der Waals surface area contributed by atoms with Gasteiger partial charge in [0, 0.05) is 13.0 Å². The van der Waals surface area contributed by atoms with E-state index in [2.05, 4.69) is 30.9 Å². The van der Waals surface area contributed by atoms with Crippen LogP contribution in [0.5, 0.6) is 0 Å². The number of carbonyl (C=O) groups excluding carboxylic acids is 1. The van der Waals surface area contributed by atoms with Crippen LogP contribution >= 0.6 is 12.4 Å². The highest BCUT2D eigenvalue weighted by molar-refractivity contribution is 5.85. The summed E-state index contributed by atoms with van der Waals surface area (Å²) in [5, 5.41) is 4.07. The minimum absolute atomic E-state index is 0. The van der Waals surface area contributed by atoms with E-state index in [-0.39, 0.29) is 29.8 Å². The predicted octanol–water partition coefficient (Wildman–Crippen LogP) is 2.93. The molecular weight excluding hydrogens is 316 g/mol. The van der Waals surface area contributed by atoms with Crippen molar-refractivity contribution < 1.29 is 9.32 Å². The maximum absolute atomic E-state index is 12.5. The predicted molar refractivity (Wildman–Crippen MR) is 89.0 cm³/mol. The van der Waals surface area contributed by atoms with E-state index in [1.807, 2.05) is 4.90 Å². The molecule has 0 spiro atoms. The first-order chi connectivity index (χ1) is 10.3. The van der Waals surface area contributed by atoms with Crippen LogP contribution in [-0.4, -0.2) is 27.5 Å². The fraction of sp³-hybridized carbons (Fsp3) is 0.812. The van der Waals surface area contributed by atoms with Gasteiger partial charge in [-0.15, -0.1) is 12.4 Å². The number of carbonyl (C=O) groups is 1. The van der Waals surface area contributed by atoms with Crippen LogP contribution in [0.2, 0.25) is 0 Å². The standard InChI is InChI=1S/C16H26N4O2.ClH/c1-15(2,3)10-12(21)20-9-4-6-11(20)13-18-14(19-22-13)16(17)7-5-8-16;/h11H,4-10,17H2,1-3H3;1H. The molecule has 1 aromatic heterocycles. The summed E-state index contributed by atoms with van der Waals surface area (Å²) in [6, 6.07) is -0.0835. The summed E-state index contributed by atoms with van der Waals surface area (Å²) in [4.78, 5) is 18.9. The number of hydrogen-bond donors (Lipinski definition) is 1. The van der Waals surface area contributed by atoms with Crippen LogP contribution in [0, 0.1) is 5.41 Å². The quantitative estimate of drug-likeness (QED) is 0.912. The molecule has 0 bridgehead atoms. The Hall–Kier alpha value is -1.14. The van der Waals surface area contributed by atoms with Gasteiger partial charge in [0.05, 0.1) is 5.54 Å². The molecule has 23 heavy (non-hydrogen) atoms. The van der Waals surface area contributed by atoms with Crippen molar-refractivity contribution in [2.24, 2.45) is 11.1 Å². The zero-order valence-corrected chi connectivity index (χ0v) is 15.0. The molecule has 1 aliphatic heterocycles. The lowest BCUT2D eigenvalue weighted by Crippen LogP contribution is -2.44. The van der Waals surface area contributed by atoms with E-state index in [0.717, 1.165) is 38.6 Å². The van der Waals surface area contributed by atoms with E-state index in [9.17, 15) is 4.79 Å². The second-order valence-electron chi connectivity index (χ2n) is 7.95. The molecule has 3 rings (SSSR count). The van der Waals surface area contributed by atoms with Gasteiger partial charge < -0.3 is 15.2 Å². The third-order valence-corrected chi connectivity index (χ3v) is 4.67. The number of hydrogen-bond acceptors (Lipinski definition) is 5. The summed E-state index contributed by atoms with van der Waals surface area (Å²) < 4.78 is 5.45. The monoisotopic (exact) mass is 342 g/mol. The lowest BCUT2D eigenvalue weighted by molar-refractivity contribution is -0.134. The van der Waals surface area contributed by atoms with E-state index in [1.165, 1.54) is 0 Å². The molecule has 1 unspecified atom stereocenters. The topological polar surface area (TPSA) is 85.2 Å². The molecule has 1 saturated heterocycles. The molecule has 1 saturated carbocycles. The molecule has 1 atom stereocenters. The van der Waals surface area contributed by atoms with E-state index < -0.39 is 5.54 Å². The minimum atomic E-state index is -0.416. The highest BCUT2D eigenvalue weighted by atomic mass is 35.5. The number of rotatable bonds is 3. The number of nitrogens with zero attached hydrogens (tertiary/aromatic N) is 3. The normalized spacial score (nSPS) is 23.3. The van der Waals surface area contributed by atoms with Gasteiger partial charge >= 0.3 is 0 Å². The van der Waals surface area contributed by atoms with Gasteiger partial charge in [-0.1, -0.05) is 25.9 Å². The molecular formula is C16H27ClN4O2. The van der Waals surface area contributed by atoms with Crippen LogP contribution in [0.15, 0.2) is 4.52 Å². The van der Waals surface area contributed by atoms with E-state index in [4.69, 9.17) is 10.3 Å². The number of nitrogens with two attached hydrogens (primary N) is 1. The molecule has 1 aliphatic carbocycles. The molecule has 6 nitrogen and oxygen atoms in total. The zero-order chi connectivity index (χ0) is 16.0. The van der Waals surface area contributed by atoms with Gasteiger partial charge in [0.15, 0.2) is 5.82 Å². The third-order valence-electron chi connectivity index (χ3n) is 4.67. The Bertz CT molecular complexity index is 563. The summed E-state index contributed by atoms with van der Waals surface area (Å²) in [6.45, 7) is 7.01. The summed E-state index contributed by atoms with van der Waals surface area (Å²) in [6.07, 6.45) is 5.32. The molecule has 2 N–H and O–H groups in total. The first-order valence-electron chi connectivity index (χ1n) is 8.21. The maximum Gasteiger partial charge on any atom is 0.249 e.